The lowest BCUT2D eigenvalue weighted by atomic mass is 9.90. The Morgan fingerprint density at radius 3 is 0.974 bits per heavy atom. The van der Waals surface area contributed by atoms with E-state index in [-0.39, 0.29) is 15.8 Å². The fourth-order valence-corrected chi connectivity index (χ4v) is 11.9. The highest BCUT2D eigenvalue weighted by atomic mass is 32.6. The summed E-state index contributed by atoms with van der Waals surface area (Å²) in [5.41, 5.74) is 1.44. The number of rotatable bonds is 6. The Kier molecular flexibility index (Phi) is 12.1. The average Bonchev–Trinajstić information content (AvgIpc) is 3.87. The van der Waals surface area contributed by atoms with Crippen LogP contribution in [0.25, 0.3) is 0 Å². The Hall–Kier alpha value is -1.80. The van der Waals surface area contributed by atoms with Crippen molar-refractivity contribution in [3.63, 3.8) is 0 Å². The smallest absolute Gasteiger partial charge is 0.0120 e. The third-order valence-corrected chi connectivity index (χ3v) is 15.9. The normalized spacial score (nSPS) is 19.3. The van der Waals surface area contributed by atoms with E-state index in [9.17, 15) is 0 Å². The van der Waals surface area contributed by atoms with Gasteiger partial charge in [0.05, 0.1) is 0 Å². The molecule has 0 amide bonds. The van der Waals surface area contributed by atoms with E-state index in [2.05, 4.69) is 141 Å². The Balaban J connectivity index is 0.000000616. The molecule has 0 aliphatic heterocycles. The molecule has 2 atom stereocenters. The Morgan fingerprint density at radius 2 is 0.737 bits per heavy atom. The highest BCUT2D eigenvalue weighted by Crippen LogP contribution is 2.54. The summed E-state index contributed by atoms with van der Waals surface area (Å²) in [7, 11) is 3.42. The number of benzene rings is 4. The van der Waals surface area contributed by atoms with Crippen LogP contribution in [0, 0.1) is 18.8 Å². The van der Waals surface area contributed by atoms with Crippen molar-refractivity contribution < 1.29 is 0 Å². The number of hydrogen-bond acceptors (Lipinski definition) is 0. The molecule has 5 heteroatoms. The maximum Gasteiger partial charge on any atom is -0.0120 e. The molecule has 0 N–H and O–H groups in total. The van der Waals surface area contributed by atoms with E-state index in [0.29, 0.717) is 0 Å². The van der Waals surface area contributed by atoms with E-state index >= 15 is 0 Å². The SMILES string of the molecule is C#C.CC1CC(P(c2ccccc2)c2ccccc2)CC(P(c2ccccc2)c2ccccc2)C1.[pH]1[pH][pH]1. The van der Waals surface area contributed by atoms with Gasteiger partial charge in [0, 0.05) is 0 Å². The molecule has 38 heavy (non-hydrogen) atoms. The van der Waals surface area contributed by atoms with E-state index in [1.165, 1.54) is 63.1 Å². The fourth-order valence-electron chi connectivity index (χ4n) is 5.45. The van der Waals surface area contributed by atoms with Crippen molar-refractivity contribution >= 4 is 59.7 Å². The van der Waals surface area contributed by atoms with Gasteiger partial charge in [-0.2, -0.15) is 0 Å². The van der Waals surface area contributed by atoms with Crippen molar-refractivity contribution in [2.75, 3.05) is 0 Å². The first-order chi connectivity index (χ1) is 18.8. The third kappa shape index (κ3) is 8.35. The zero-order chi connectivity index (χ0) is 26.6. The van der Waals surface area contributed by atoms with Gasteiger partial charge in [-0.1, -0.05) is 151 Å². The molecule has 1 heterocycles. The molecule has 1 aliphatic carbocycles. The predicted molar refractivity (Wildman–Crippen MR) is 184 cm³/mol. The average molecular weight is 589 g/mol. The lowest BCUT2D eigenvalue weighted by molar-refractivity contribution is 0.399. The van der Waals surface area contributed by atoms with Gasteiger partial charge in [0.1, 0.15) is 0 Å². The minimum absolute atomic E-state index is 0.374. The predicted octanol–water partition coefficient (Wildman–Crippen LogP) is 8.84. The van der Waals surface area contributed by atoms with Crippen LogP contribution in [0.15, 0.2) is 121 Å². The molecular weight excluding hydrogens is 551 g/mol. The molecule has 1 aromatic heterocycles. The summed E-state index contributed by atoms with van der Waals surface area (Å²) in [4.78, 5) is 0. The largest absolute Gasteiger partial charge is 0.124 e. The second-order valence-corrected chi connectivity index (χ2v) is 24.3. The summed E-state index contributed by atoms with van der Waals surface area (Å²) in [6, 6.07) is 45.3. The topological polar surface area (TPSA) is 0 Å². The van der Waals surface area contributed by atoms with Gasteiger partial charge >= 0.3 is 0 Å². The van der Waals surface area contributed by atoms with Crippen LogP contribution >= 0.6 is 38.5 Å². The van der Waals surface area contributed by atoms with Crippen molar-refractivity contribution in [3.05, 3.63) is 121 Å². The molecule has 6 rings (SSSR count). The first kappa shape index (κ1) is 29.2. The van der Waals surface area contributed by atoms with Gasteiger partial charge < -0.3 is 0 Å². The zero-order valence-electron chi connectivity index (χ0n) is 21.9. The van der Waals surface area contributed by atoms with Gasteiger partial charge in [-0.05, 0) is 73.6 Å². The molecule has 194 valence electrons. The van der Waals surface area contributed by atoms with Crippen LogP contribution in [0.1, 0.15) is 26.2 Å². The third-order valence-electron chi connectivity index (χ3n) is 6.89. The van der Waals surface area contributed by atoms with Crippen LogP contribution in [0.4, 0.5) is 0 Å². The van der Waals surface area contributed by atoms with Gasteiger partial charge in [0.25, 0.3) is 0 Å². The summed E-state index contributed by atoms with van der Waals surface area (Å²) < 4.78 is 0. The molecule has 4 aromatic carbocycles. The van der Waals surface area contributed by atoms with E-state index in [1.807, 2.05) is 0 Å². The summed E-state index contributed by atoms with van der Waals surface area (Å²) in [5.74, 6) is 0.753. The van der Waals surface area contributed by atoms with Gasteiger partial charge in [-0.3, -0.25) is 0 Å². The molecule has 0 bridgehead atoms. The Bertz CT molecular complexity index is 1110. The molecule has 5 aromatic rings. The molecule has 2 unspecified atom stereocenters. The zero-order valence-corrected chi connectivity index (χ0v) is 26.7. The molecule has 1 saturated carbocycles. The molecule has 0 nitrogen and oxygen atoms in total. The lowest BCUT2D eigenvalue weighted by Crippen LogP contribution is -2.35. The van der Waals surface area contributed by atoms with Crippen LogP contribution in [0.5, 0.6) is 0 Å². The first-order valence-electron chi connectivity index (χ1n) is 13.2. The molecule has 1 aliphatic rings. The van der Waals surface area contributed by atoms with Crippen molar-refractivity contribution in [1.82, 2.24) is 0 Å². The number of hydrogen-bond donors (Lipinski definition) is 0. The first-order valence-corrected chi connectivity index (χ1v) is 22.0. The van der Waals surface area contributed by atoms with Crippen LogP contribution in [-0.2, 0) is 0 Å². The Morgan fingerprint density at radius 1 is 0.474 bits per heavy atom. The van der Waals surface area contributed by atoms with E-state index < -0.39 is 0 Å². The van der Waals surface area contributed by atoms with Gasteiger partial charge in [0.15, 0.2) is 0 Å². The lowest BCUT2D eigenvalue weighted by Gasteiger charge is -2.42. The van der Waals surface area contributed by atoms with Gasteiger partial charge in [-0.15, -0.1) is 12.8 Å². The molecule has 1 fully saturated rings. The quantitative estimate of drug-likeness (QED) is 0.137. The summed E-state index contributed by atoms with van der Waals surface area (Å²) in [6.07, 6.45) is 12.0. The highest BCUT2D eigenvalue weighted by molar-refractivity contribution is 8.55. The maximum absolute atomic E-state index is 4.00. The molecule has 0 spiro atoms. The fraction of sp³-hybridized carbons (Fsp3) is 0.212. The second kappa shape index (κ2) is 15.7. The maximum atomic E-state index is 4.00. The summed E-state index contributed by atoms with van der Waals surface area (Å²) in [5, 5.41) is 6.11. The van der Waals surface area contributed by atoms with Gasteiger partial charge in [-0.25, -0.2) is 0 Å². The monoisotopic (exact) mass is 588 g/mol. The van der Waals surface area contributed by atoms with Gasteiger partial charge in [0.2, 0.25) is 0 Å². The van der Waals surface area contributed by atoms with Crippen LogP contribution in [-0.4, -0.2) is 11.3 Å². The standard InChI is InChI=1S/C31H32P2.C2H2.H3P3/c1-25-22-30(32(26-14-6-2-7-15-26)27-16-8-3-9-17-27)24-31(23-25)33(28-18-10-4-11-19-28)29-20-12-5-13-21-29;1-2;1-2-3-1/h2-21,25,30-31H,22-24H2,1H3;1-2H;1-3H. The molecule has 0 radical (unpaired) electrons. The van der Waals surface area contributed by atoms with Crippen molar-refractivity contribution in [1.29, 1.82) is 0 Å². The Labute approximate surface area is 236 Å². The van der Waals surface area contributed by atoms with Crippen LogP contribution < -0.4 is 21.2 Å². The van der Waals surface area contributed by atoms with E-state index in [0.717, 1.165) is 17.2 Å². The highest BCUT2D eigenvalue weighted by Gasteiger charge is 2.37. The van der Waals surface area contributed by atoms with E-state index in [1.54, 1.807) is 0 Å². The van der Waals surface area contributed by atoms with Crippen LogP contribution in [0.2, 0.25) is 0 Å². The second-order valence-electron chi connectivity index (χ2n) is 9.58. The molecular formula is C33H37P5. The minimum Gasteiger partial charge on any atom is -0.124 e. The van der Waals surface area contributed by atoms with Crippen LogP contribution in [0.3, 0.4) is 0 Å². The molecule has 0 saturated heterocycles. The minimum atomic E-state index is -0.374. The number of terminal acetylenes is 1. The van der Waals surface area contributed by atoms with Crippen molar-refractivity contribution in [2.45, 2.75) is 37.5 Å². The summed E-state index contributed by atoms with van der Waals surface area (Å²) in [6.45, 7) is 2.49. The van der Waals surface area contributed by atoms with Crippen molar-refractivity contribution in [3.8, 4) is 12.8 Å². The van der Waals surface area contributed by atoms with Crippen molar-refractivity contribution in [2.24, 2.45) is 5.92 Å². The summed E-state index contributed by atoms with van der Waals surface area (Å²) >= 11 is 0. The van der Waals surface area contributed by atoms with E-state index in [4.69, 9.17) is 0 Å².